The van der Waals surface area contributed by atoms with E-state index < -0.39 is 4.92 Å². The number of nitro groups is 1. The number of non-ortho nitro benzene ring substituents is 1. The average molecular weight is 356 g/mol. The number of methoxy groups -OCH3 is 1. The van der Waals surface area contributed by atoms with Crippen LogP contribution in [-0.4, -0.2) is 24.7 Å². The van der Waals surface area contributed by atoms with E-state index in [-0.39, 0.29) is 11.8 Å². The molecule has 0 unspecified atom stereocenters. The van der Waals surface area contributed by atoms with Gasteiger partial charge < -0.3 is 14.8 Å². The predicted octanol–water partition coefficient (Wildman–Crippen LogP) is 4.58. The van der Waals surface area contributed by atoms with Gasteiger partial charge in [-0.1, -0.05) is 6.07 Å². The summed E-state index contributed by atoms with van der Waals surface area (Å²) in [5, 5.41) is 14.0. The van der Waals surface area contributed by atoms with E-state index in [1.165, 1.54) is 25.0 Å². The lowest BCUT2D eigenvalue weighted by Crippen LogP contribution is -2.12. The minimum Gasteiger partial charge on any atom is -0.493 e. The van der Waals surface area contributed by atoms with Gasteiger partial charge in [0.2, 0.25) is 0 Å². The van der Waals surface area contributed by atoms with Crippen LogP contribution >= 0.6 is 0 Å². The standard InChI is InChI=1S/C20H24N2O4/c1-25-19-11-6-15(14-20(19)26-18-4-2-3-5-18)12-13-21-16-7-9-17(10-8-16)22(23)24/h6-11,14,18,21H,2-5,12-13H2,1H3. The molecular weight excluding hydrogens is 332 g/mol. The Balaban J connectivity index is 1.57. The highest BCUT2D eigenvalue weighted by Crippen LogP contribution is 2.32. The van der Waals surface area contributed by atoms with E-state index in [1.807, 2.05) is 12.1 Å². The summed E-state index contributed by atoms with van der Waals surface area (Å²) in [4.78, 5) is 10.3. The van der Waals surface area contributed by atoms with Crippen molar-refractivity contribution in [1.82, 2.24) is 0 Å². The van der Waals surface area contributed by atoms with Crippen LogP contribution in [0.15, 0.2) is 42.5 Å². The third kappa shape index (κ3) is 4.65. The largest absolute Gasteiger partial charge is 0.493 e. The van der Waals surface area contributed by atoms with Gasteiger partial charge in [0.15, 0.2) is 11.5 Å². The number of nitrogens with zero attached hydrogens (tertiary/aromatic N) is 1. The van der Waals surface area contributed by atoms with Crippen molar-refractivity contribution in [2.45, 2.75) is 38.2 Å². The molecule has 6 nitrogen and oxygen atoms in total. The maximum absolute atomic E-state index is 10.7. The van der Waals surface area contributed by atoms with Crippen LogP contribution < -0.4 is 14.8 Å². The summed E-state index contributed by atoms with van der Waals surface area (Å²) in [5.41, 5.74) is 2.12. The molecule has 6 heteroatoms. The summed E-state index contributed by atoms with van der Waals surface area (Å²) in [6.45, 7) is 0.729. The molecule has 26 heavy (non-hydrogen) atoms. The van der Waals surface area contributed by atoms with Gasteiger partial charge in [-0.3, -0.25) is 10.1 Å². The van der Waals surface area contributed by atoms with E-state index in [0.717, 1.165) is 48.6 Å². The number of anilines is 1. The Morgan fingerprint density at radius 3 is 2.50 bits per heavy atom. The highest BCUT2D eigenvalue weighted by molar-refractivity contribution is 5.49. The molecule has 138 valence electrons. The summed E-state index contributed by atoms with van der Waals surface area (Å²) in [5.74, 6) is 1.58. The average Bonchev–Trinajstić information content (AvgIpc) is 3.15. The highest BCUT2D eigenvalue weighted by atomic mass is 16.6. The molecule has 0 aliphatic heterocycles. The molecule has 0 bridgehead atoms. The van der Waals surface area contributed by atoms with E-state index in [4.69, 9.17) is 9.47 Å². The van der Waals surface area contributed by atoms with Gasteiger partial charge in [0.05, 0.1) is 18.1 Å². The monoisotopic (exact) mass is 356 g/mol. The van der Waals surface area contributed by atoms with Gasteiger partial charge >= 0.3 is 0 Å². The first kappa shape index (κ1) is 18.0. The molecule has 1 fully saturated rings. The van der Waals surface area contributed by atoms with Crippen molar-refractivity contribution >= 4 is 11.4 Å². The van der Waals surface area contributed by atoms with Crippen LogP contribution in [0.5, 0.6) is 11.5 Å². The van der Waals surface area contributed by atoms with Gasteiger partial charge in [0.25, 0.3) is 5.69 Å². The van der Waals surface area contributed by atoms with Crippen molar-refractivity contribution in [2.75, 3.05) is 19.0 Å². The van der Waals surface area contributed by atoms with Crippen LogP contribution in [0.4, 0.5) is 11.4 Å². The number of hydrogen-bond donors (Lipinski definition) is 1. The van der Waals surface area contributed by atoms with Crippen LogP contribution in [0.25, 0.3) is 0 Å². The fraction of sp³-hybridized carbons (Fsp3) is 0.400. The molecule has 0 spiro atoms. The highest BCUT2D eigenvalue weighted by Gasteiger charge is 2.18. The number of ether oxygens (including phenoxy) is 2. The van der Waals surface area contributed by atoms with E-state index in [2.05, 4.69) is 11.4 Å². The third-order valence-corrected chi connectivity index (χ3v) is 4.64. The van der Waals surface area contributed by atoms with E-state index in [1.54, 1.807) is 19.2 Å². The van der Waals surface area contributed by atoms with Gasteiger partial charge in [-0.15, -0.1) is 0 Å². The minimum atomic E-state index is -0.396. The molecule has 2 aromatic carbocycles. The Bertz CT molecular complexity index is 740. The van der Waals surface area contributed by atoms with Crippen molar-refractivity contribution in [3.8, 4) is 11.5 Å². The molecular formula is C20H24N2O4. The van der Waals surface area contributed by atoms with Gasteiger partial charge in [0.1, 0.15) is 0 Å². The maximum atomic E-state index is 10.7. The van der Waals surface area contributed by atoms with Crippen LogP contribution in [0.1, 0.15) is 31.2 Å². The molecule has 3 rings (SSSR count). The lowest BCUT2D eigenvalue weighted by atomic mass is 10.1. The second-order valence-corrected chi connectivity index (χ2v) is 6.49. The Kier molecular flexibility index (Phi) is 5.94. The van der Waals surface area contributed by atoms with E-state index >= 15 is 0 Å². The number of benzene rings is 2. The molecule has 0 aromatic heterocycles. The molecule has 0 radical (unpaired) electrons. The Hall–Kier alpha value is -2.76. The van der Waals surface area contributed by atoms with Crippen molar-refractivity contribution in [3.63, 3.8) is 0 Å². The smallest absolute Gasteiger partial charge is 0.269 e. The van der Waals surface area contributed by atoms with Gasteiger partial charge in [-0.2, -0.15) is 0 Å². The van der Waals surface area contributed by atoms with Gasteiger partial charge in [-0.25, -0.2) is 0 Å². The Morgan fingerprint density at radius 1 is 1.12 bits per heavy atom. The molecule has 0 amide bonds. The zero-order chi connectivity index (χ0) is 18.4. The summed E-state index contributed by atoms with van der Waals surface area (Å²) in [6.07, 6.45) is 5.78. The number of nitrogens with one attached hydrogen (secondary N) is 1. The van der Waals surface area contributed by atoms with Crippen LogP contribution in [-0.2, 0) is 6.42 Å². The second-order valence-electron chi connectivity index (χ2n) is 6.49. The number of rotatable bonds is 8. The predicted molar refractivity (Wildman–Crippen MR) is 101 cm³/mol. The quantitative estimate of drug-likeness (QED) is 0.553. The summed E-state index contributed by atoms with van der Waals surface area (Å²) in [7, 11) is 1.66. The number of nitro benzene ring substituents is 1. The lowest BCUT2D eigenvalue weighted by Gasteiger charge is -2.17. The maximum Gasteiger partial charge on any atom is 0.269 e. The molecule has 1 aliphatic carbocycles. The first-order chi connectivity index (χ1) is 12.7. The second kappa shape index (κ2) is 8.56. The molecule has 0 saturated heterocycles. The fourth-order valence-corrected chi connectivity index (χ4v) is 3.21. The lowest BCUT2D eigenvalue weighted by molar-refractivity contribution is -0.384. The summed E-state index contributed by atoms with van der Waals surface area (Å²) in [6, 6.07) is 12.5. The molecule has 0 heterocycles. The van der Waals surface area contributed by atoms with E-state index in [9.17, 15) is 10.1 Å². The fourth-order valence-electron chi connectivity index (χ4n) is 3.21. The topological polar surface area (TPSA) is 73.6 Å². The third-order valence-electron chi connectivity index (χ3n) is 4.64. The zero-order valence-corrected chi connectivity index (χ0v) is 14.9. The van der Waals surface area contributed by atoms with Crippen LogP contribution in [0.2, 0.25) is 0 Å². The van der Waals surface area contributed by atoms with Crippen molar-refractivity contribution < 1.29 is 14.4 Å². The van der Waals surface area contributed by atoms with Crippen molar-refractivity contribution in [3.05, 3.63) is 58.1 Å². The van der Waals surface area contributed by atoms with Gasteiger partial charge in [-0.05, 0) is 61.9 Å². The van der Waals surface area contributed by atoms with E-state index in [0.29, 0.717) is 0 Å². The summed E-state index contributed by atoms with van der Waals surface area (Å²) >= 11 is 0. The van der Waals surface area contributed by atoms with Crippen LogP contribution in [0, 0.1) is 10.1 Å². The van der Waals surface area contributed by atoms with Crippen molar-refractivity contribution in [1.29, 1.82) is 0 Å². The Morgan fingerprint density at radius 2 is 1.85 bits per heavy atom. The molecule has 1 saturated carbocycles. The minimum absolute atomic E-state index is 0.0967. The zero-order valence-electron chi connectivity index (χ0n) is 14.9. The first-order valence-corrected chi connectivity index (χ1v) is 8.97. The normalized spacial score (nSPS) is 14.2. The first-order valence-electron chi connectivity index (χ1n) is 8.97. The molecule has 1 N–H and O–H groups in total. The molecule has 0 atom stereocenters. The van der Waals surface area contributed by atoms with Gasteiger partial charge in [0, 0.05) is 24.4 Å². The Labute approximate surface area is 153 Å². The van der Waals surface area contributed by atoms with Crippen molar-refractivity contribution in [2.24, 2.45) is 0 Å². The summed E-state index contributed by atoms with van der Waals surface area (Å²) < 4.78 is 11.5. The molecule has 1 aliphatic rings. The number of hydrogen-bond acceptors (Lipinski definition) is 5. The molecule has 2 aromatic rings. The van der Waals surface area contributed by atoms with Crippen LogP contribution in [0.3, 0.4) is 0 Å². The SMILES string of the molecule is COc1ccc(CCNc2ccc([N+](=O)[O-])cc2)cc1OC1CCCC1.